The molecule has 1 aromatic rings. The predicted molar refractivity (Wildman–Crippen MR) is 126 cm³/mol. The molecular formula is C27H38N2O4. The Bertz CT molecular complexity index is 917. The molecule has 180 valence electrons. The number of epoxide rings is 1. The van der Waals surface area contributed by atoms with E-state index >= 15 is 0 Å². The summed E-state index contributed by atoms with van der Waals surface area (Å²) < 4.78 is 17.5. The SMILES string of the molecule is COc1cccc(N2CCN(C[C@H]3C(=O)O[C@@H]4C[C@@]5(C)CCC[C@@]6(CO6)[C@@H]5C[C@@H]43)C[C@H]2C)c1. The Morgan fingerprint density at radius 1 is 1.24 bits per heavy atom. The van der Waals surface area contributed by atoms with Crippen LogP contribution in [0.2, 0.25) is 0 Å². The van der Waals surface area contributed by atoms with Crippen molar-refractivity contribution in [3.63, 3.8) is 0 Å². The van der Waals surface area contributed by atoms with Crippen molar-refractivity contribution >= 4 is 11.7 Å². The fourth-order valence-electron chi connectivity index (χ4n) is 7.82. The number of fused-ring (bicyclic) bond motifs is 3. The van der Waals surface area contributed by atoms with Crippen LogP contribution in [0.25, 0.3) is 0 Å². The van der Waals surface area contributed by atoms with E-state index < -0.39 is 0 Å². The minimum atomic E-state index is 0.00726. The molecule has 0 radical (unpaired) electrons. The van der Waals surface area contributed by atoms with E-state index in [4.69, 9.17) is 14.2 Å². The first kappa shape index (κ1) is 21.7. The Morgan fingerprint density at radius 3 is 2.85 bits per heavy atom. The Balaban J connectivity index is 1.13. The maximum absolute atomic E-state index is 13.0. The van der Waals surface area contributed by atoms with Crippen molar-refractivity contribution in [2.24, 2.45) is 23.2 Å². The molecule has 6 heteroatoms. The van der Waals surface area contributed by atoms with Gasteiger partial charge in [0.1, 0.15) is 11.9 Å². The van der Waals surface area contributed by atoms with Crippen LogP contribution in [0.1, 0.15) is 46.0 Å². The predicted octanol–water partition coefficient (Wildman–Crippen LogP) is 3.73. The fraction of sp³-hybridized carbons (Fsp3) is 0.741. The van der Waals surface area contributed by atoms with Gasteiger partial charge in [0, 0.05) is 49.9 Å². The van der Waals surface area contributed by atoms with Gasteiger partial charge in [0.05, 0.1) is 25.2 Å². The van der Waals surface area contributed by atoms with Crippen LogP contribution in [0.5, 0.6) is 5.75 Å². The van der Waals surface area contributed by atoms with Crippen LogP contribution < -0.4 is 9.64 Å². The summed E-state index contributed by atoms with van der Waals surface area (Å²) in [6, 6.07) is 8.71. The van der Waals surface area contributed by atoms with Gasteiger partial charge in [-0.2, -0.15) is 0 Å². The van der Waals surface area contributed by atoms with Crippen LogP contribution in [0.3, 0.4) is 0 Å². The molecule has 7 atom stereocenters. The molecule has 0 aromatic heterocycles. The van der Waals surface area contributed by atoms with E-state index in [0.717, 1.165) is 51.4 Å². The summed E-state index contributed by atoms with van der Waals surface area (Å²) in [5, 5.41) is 0. The quantitative estimate of drug-likeness (QED) is 0.510. The van der Waals surface area contributed by atoms with Gasteiger partial charge in [-0.05, 0) is 62.5 Å². The lowest BCUT2D eigenvalue weighted by Crippen LogP contribution is -2.54. The van der Waals surface area contributed by atoms with E-state index in [2.05, 4.69) is 41.8 Å². The molecule has 5 aliphatic rings. The number of anilines is 1. The van der Waals surface area contributed by atoms with E-state index in [-0.39, 0.29) is 29.0 Å². The fourth-order valence-corrected chi connectivity index (χ4v) is 7.82. The van der Waals surface area contributed by atoms with Gasteiger partial charge in [-0.3, -0.25) is 9.69 Å². The van der Waals surface area contributed by atoms with Gasteiger partial charge >= 0.3 is 5.97 Å². The maximum Gasteiger partial charge on any atom is 0.310 e. The zero-order valence-corrected chi connectivity index (χ0v) is 20.3. The van der Waals surface area contributed by atoms with Crippen LogP contribution >= 0.6 is 0 Å². The third-order valence-electron chi connectivity index (χ3n) is 9.63. The molecule has 3 heterocycles. The summed E-state index contributed by atoms with van der Waals surface area (Å²) >= 11 is 0. The van der Waals surface area contributed by atoms with Crippen LogP contribution in [0, 0.1) is 23.2 Å². The largest absolute Gasteiger partial charge is 0.497 e. The average molecular weight is 455 g/mol. The molecule has 1 spiro atoms. The van der Waals surface area contributed by atoms with Crippen molar-refractivity contribution < 1.29 is 19.0 Å². The monoisotopic (exact) mass is 454 g/mol. The lowest BCUT2D eigenvalue weighted by Gasteiger charge is -2.51. The molecule has 0 N–H and O–H groups in total. The van der Waals surface area contributed by atoms with Crippen molar-refractivity contribution in [1.29, 1.82) is 0 Å². The summed E-state index contributed by atoms with van der Waals surface area (Å²) in [4.78, 5) is 18.0. The average Bonchev–Trinajstić information content (AvgIpc) is 3.50. The zero-order chi connectivity index (χ0) is 22.8. The smallest absolute Gasteiger partial charge is 0.310 e. The van der Waals surface area contributed by atoms with Gasteiger partial charge in [0.25, 0.3) is 0 Å². The normalized spacial score (nSPS) is 42.6. The first-order chi connectivity index (χ1) is 15.9. The van der Waals surface area contributed by atoms with E-state index in [9.17, 15) is 4.79 Å². The molecule has 1 aromatic carbocycles. The van der Waals surface area contributed by atoms with E-state index in [1.54, 1.807) is 7.11 Å². The molecule has 2 aliphatic carbocycles. The van der Waals surface area contributed by atoms with Crippen LogP contribution in [-0.2, 0) is 14.3 Å². The van der Waals surface area contributed by atoms with Crippen molar-refractivity contribution in [1.82, 2.24) is 4.90 Å². The first-order valence-corrected chi connectivity index (χ1v) is 12.9. The molecule has 6 nitrogen and oxygen atoms in total. The lowest BCUT2D eigenvalue weighted by molar-refractivity contribution is -0.147. The number of rotatable bonds is 4. The third-order valence-corrected chi connectivity index (χ3v) is 9.63. The van der Waals surface area contributed by atoms with Crippen LogP contribution in [0.4, 0.5) is 5.69 Å². The number of hydrogen-bond acceptors (Lipinski definition) is 6. The van der Waals surface area contributed by atoms with Crippen molar-refractivity contribution in [3.05, 3.63) is 24.3 Å². The molecule has 0 bridgehead atoms. The minimum absolute atomic E-state index is 0.00726. The van der Waals surface area contributed by atoms with Gasteiger partial charge < -0.3 is 19.1 Å². The topological polar surface area (TPSA) is 54.5 Å². The second-order valence-corrected chi connectivity index (χ2v) is 11.6. The molecule has 0 amide bonds. The molecule has 3 saturated heterocycles. The molecule has 6 rings (SSSR count). The summed E-state index contributed by atoms with van der Waals surface area (Å²) in [5.41, 5.74) is 1.59. The molecular weight excluding hydrogens is 416 g/mol. The van der Waals surface area contributed by atoms with E-state index in [1.807, 2.05) is 6.07 Å². The molecule has 3 aliphatic heterocycles. The van der Waals surface area contributed by atoms with Crippen LogP contribution in [0.15, 0.2) is 24.3 Å². The standard InChI is InChI=1S/C27H38N2O4/c1-18-15-28(10-11-29(18)19-6-4-7-20(12-19)31-3)16-22-21-13-24-26(2,14-23(21)33-25(22)30)8-5-9-27(24)17-32-27/h4,6-7,12,18,21-24H,5,8-11,13-17H2,1-3H3/t18-,21-,22-,23-,24-,26-,27-/m1/s1. The number of carbonyl (C=O) groups is 1. The van der Waals surface area contributed by atoms with Crippen molar-refractivity contribution in [3.8, 4) is 5.75 Å². The van der Waals surface area contributed by atoms with Gasteiger partial charge in [0.15, 0.2) is 0 Å². The first-order valence-electron chi connectivity index (χ1n) is 12.9. The highest BCUT2D eigenvalue weighted by Gasteiger charge is 2.65. The zero-order valence-electron chi connectivity index (χ0n) is 20.3. The van der Waals surface area contributed by atoms with Crippen molar-refractivity contribution in [2.45, 2.75) is 63.7 Å². The Morgan fingerprint density at radius 2 is 2.09 bits per heavy atom. The Labute approximate surface area is 197 Å². The van der Waals surface area contributed by atoms with Gasteiger partial charge in [0.2, 0.25) is 0 Å². The number of piperazine rings is 1. The highest BCUT2D eigenvalue weighted by molar-refractivity contribution is 5.75. The van der Waals surface area contributed by atoms with Gasteiger partial charge in [-0.25, -0.2) is 0 Å². The van der Waals surface area contributed by atoms with Gasteiger partial charge in [-0.15, -0.1) is 0 Å². The number of methoxy groups -OCH3 is 1. The number of ether oxygens (including phenoxy) is 3. The van der Waals surface area contributed by atoms with E-state index in [0.29, 0.717) is 17.9 Å². The molecule has 33 heavy (non-hydrogen) atoms. The number of esters is 1. The Kier molecular flexibility index (Phi) is 5.18. The summed E-state index contributed by atoms with van der Waals surface area (Å²) in [6.07, 6.45) is 5.92. The van der Waals surface area contributed by atoms with E-state index in [1.165, 1.54) is 24.9 Å². The number of nitrogens with zero attached hydrogens (tertiary/aromatic N) is 2. The number of benzene rings is 1. The molecule has 2 saturated carbocycles. The Hall–Kier alpha value is -1.79. The number of carbonyl (C=O) groups excluding carboxylic acids is 1. The summed E-state index contributed by atoms with van der Waals surface area (Å²) in [5.74, 6) is 1.88. The van der Waals surface area contributed by atoms with Crippen LogP contribution in [-0.4, -0.2) is 68.5 Å². The van der Waals surface area contributed by atoms with Crippen molar-refractivity contribution in [2.75, 3.05) is 44.8 Å². The second-order valence-electron chi connectivity index (χ2n) is 11.6. The summed E-state index contributed by atoms with van der Waals surface area (Å²) in [7, 11) is 1.72. The second kappa shape index (κ2) is 7.88. The van der Waals surface area contributed by atoms with Gasteiger partial charge in [-0.1, -0.05) is 13.0 Å². The number of hydrogen-bond donors (Lipinski definition) is 0. The minimum Gasteiger partial charge on any atom is -0.497 e. The highest BCUT2D eigenvalue weighted by Crippen LogP contribution is 2.62. The molecule has 0 unspecified atom stereocenters. The third kappa shape index (κ3) is 3.65. The lowest BCUT2D eigenvalue weighted by atomic mass is 9.53. The summed E-state index contributed by atoms with van der Waals surface area (Å²) in [6.45, 7) is 9.35. The maximum atomic E-state index is 13.0. The highest BCUT2D eigenvalue weighted by atomic mass is 16.6. The molecule has 5 fully saturated rings.